The van der Waals surface area contributed by atoms with Crippen molar-refractivity contribution in [2.24, 2.45) is 0 Å². The van der Waals surface area contributed by atoms with Crippen LogP contribution in [0.5, 0.6) is 0 Å². The predicted molar refractivity (Wildman–Crippen MR) is 102 cm³/mol. The molecule has 1 saturated heterocycles. The quantitative estimate of drug-likeness (QED) is 0.792. The summed E-state index contributed by atoms with van der Waals surface area (Å²) in [4.78, 5) is 16.4. The molecule has 1 aliphatic rings. The molecule has 1 aliphatic heterocycles. The third-order valence-electron chi connectivity index (χ3n) is 5.04. The van der Waals surface area contributed by atoms with Gasteiger partial charge in [-0.25, -0.2) is 0 Å². The third kappa shape index (κ3) is 3.67. The van der Waals surface area contributed by atoms with Crippen molar-refractivity contribution in [2.75, 3.05) is 19.6 Å². The van der Waals surface area contributed by atoms with Gasteiger partial charge in [0.2, 0.25) is 0 Å². The maximum atomic E-state index is 12.6. The Morgan fingerprint density at radius 2 is 2.25 bits per heavy atom. The van der Waals surface area contributed by atoms with Gasteiger partial charge in [-0.1, -0.05) is 6.42 Å². The monoisotopic (exact) mass is 347 g/mol. The number of rotatable bonds is 6. The molecule has 3 rings (SSSR count). The number of amides is 1. The lowest BCUT2D eigenvalue weighted by molar-refractivity contribution is 0.0939. The van der Waals surface area contributed by atoms with E-state index in [1.54, 1.807) is 11.3 Å². The highest BCUT2D eigenvalue weighted by atomic mass is 32.1. The number of carbonyl (C=O) groups excluding carboxylic acids is 1. The van der Waals surface area contributed by atoms with Crippen molar-refractivity contribution in [3.63, 3.8) is 0 Å². The first kappa shape index (κ1) is 17.5. The Labute approximate surface area is 148 Å². The normalized spacial score (nSPS) is 19.2. The number of carbonyl (C=O) groups is 1. The number of aromatic nitrogens is 1. The molecule has 1 amide bonds. The molecule has 4 nitrogen and oxygen atoms in total. The number of likely N-dealkylation sites (tertiary alicyclic amines) is 1. The van der Waals surface area contributed by atoms with Gasteiger partial charge in [0, 0.05) is 30.6 Å². The Hall–Kier alpha value is -1.33. The molecule has 0 aromatic carbocycles. The molecule has 1 N–H and O–H groups in total. The molecule has 0 aliphatic carbocycles. The van der Waals surface area contributed by atoms with Crippen molar-refractivity contribution in [2.45, 2.75) is 58.5 Å². The van der Waals surface area contributed by atoms with Crippen molar-refractivity contribution in [1.29, 1.82) is 0 Å². The molecule has 1 atom stereocenters. The van der Waals surface area contributed by atoms with Crippen LogP contribution >= 0.6 is 11.3 Å². The van der Waals surface area contributed by atoms with Crippen LogP contribution in [0, 0.1) is 0 Å². The fourth-order valence-corrected chi connectivity index (χ4v) is 4.72. The molecule has 3 heterocycles. The van der Waals surface area contributed by atoms with Crippen molar-refractivity contribution in [1.82, 2.24) is 14.8 Å². The average molecular weight is 348 g/mol. The van der Waals surface area contributed by atoms with Gasteiger partial charge in [0.25, 0.3) is 5.91 Å². The summed E-state index contributed by atoms with van der Waals surface area (Å²) in [5.41, 5.74) is 0.790. The minimum Gasteiger partial charge on any atom is -0.351 e. The summed E-state index contributed by atoms with van der Waals surface area (Å²) in [6, 6.07) is 5.09. The Kier molecular flexibility index (Phi) is 5.61. The predicted octanol–water partition coefficient (Wildman–Crippen LogP) is 4.28. The maximum Gasteiger partial charge on any atom is 0.267 e. The van der Waals surface area contributed by atoms with Crippen molar-refractivity contribution in [3.8, 4) is 0 Å². The van der Waals surface area contributed by atoms with E-state index in [4.69, 9.17) is 0 Å². The topological polar surface area (TPSA) is 37.3 Å². The van der Waals surface area contributed by atoms with Gasteiger partial charge in [0.05, 0.1) is 0 Å². The molecule has 0 radical (unpaired) electrons. The van der Waals surface area contributed by atoms with Crippen LogP contribution in [0.3, 0.4) is 0 Å². The van der Waals surface area contributed by atoms with Crippen molar-refractivity contribution in [3.05, 3.63) is 23.2 Å². The molecule has 2 aromatic rings. The smallest absolute Gasteiger partial charge is 0.267 e. The van der Waals surface area contributed by atoms with Gasteiger partial charge in [-0.15, -0.1) is 11.3 Å². The number of hydrogen-bond donors (Lipinski definition) is 1. The average Bonchev–Trinajstić information content (AvgIpc) is 3.13. The Balaban J connectivity index is 1.55. The second kappa shape index (κ2) is 7.70. The molecule has 5 heteroatoms. The SMILES string of the molecule is CC1CCCCN1CCCNC(=O)c1cc2ccsc2n1C(C)C. The molecule has 1 fully saturated rings. The summed E-state index contributed by atoms with van der Waals surface area (Å²) in [6.07, 6.45) is 5.00. The maximum absolute atomic E-state index is 12.6. The lowest BCUT2D eigenvalue weighted by atomic mass is 10.0. The molecule has 132 valence electrons. The van der Waals surface area contributed by atoms with Crippen LogP contribution in [-0.2, 0) is 0 Å². The molecule has 0 bridgehead atoms. The van der Waals surface area contributed by atoms with Gasteiger partial charge >= 0.3 is 0 Å². The highest BCUT2D eigenvalue weighted by Crippen LogP contribution is 2.28. The standard InChI is InChI=1S/C19H29N3OS/c1-14(2)22-17(13-16-8-12-24-19(16)22)18(23)20-9-6-11-21-10-5-4-7-15(21)3/h8,12-15H,4-7,9-11H2,1-3H3,(H,20,23). The first-order valence-electron chi connectivity index (χ1n) is 9.18. The van der Waals surface area contributed by atoms with E-state index in [-0.39, 0.29) is 11.9 Å². The Bertz CT molecular complexity index is 688. The number of piperidine rings is 1. The van der Waals surface area contributed by atoms with Crippen LogP contribution in [0.15, 0.2) is 17.5 Å². The van der Waals surface area contributed by atoms with E-state index in [0.29, 0.717) is 6.04 Å². The summed E-state index contributed by atoms with van der Waals surface area (Å²) in [5, 5.41) is 6.37. The summed E-state index contributed by atoms with van der Waals surface area (Å²) in [5.74, 6) is 0.0544. The largest absolute Gasteiger partial charge is 0.351 e. The number of nitrogens with zero attached hydrogens (tertiary/aromatic N) is 2. The summed E-state index contributed by atoms with van der Waals surface area (Å²) >= 11 is 1.70. The highest BCUT2D eigenvalue weighted by Gasteiger charge is 2.19. The van der Waals surface area contributed by atoms with Crippen LogP contribution < -0.4 is 5.32 Å². The second-order valence-electron chi connectivity index (χ2n) is 7.16. The summed E-state index contributed by atoms with van der Waals surface area (Å²) in [6.45, 7) is 9.63. The second-order valence-corrected chi connectivity index (χ2v) is 8.06. The van der Waals surface area contributed by atoms with E-state index in [9.17, 15) is 4.79 Å². The summed E-state index contributed by atoms with van der Waals surface area (Å²) in [7, 11) is 0. The highest BCUT2D eigenvalue weighted by molar-refractivity contribution is 7.16. The lowest BCUT2D eigenvalue weighted by Gasteiger charge is -2.33. The first-order chi connectivity index (χ1) is 11.6. The minimum absolute atomic E-state index is 0.0544. The van der Waals surface area contributed by atoms with E-state index < -0.39 is 0 Å². The van der Waals surface area contributed by atoms with E-state index in [1.165, 1.54) is 36.0 Å². The van der Waals surface area contributed by atoms with Crippen molar-refractivity contribution >= 4 is 27.5 Å². The molecule has 24 heavy (non-hydrogen) atoms. The van der Waals surface area contributed by atoms with E-state index >= 15 is 0 Å². The van der Waals surface area contributed by atoms with Gasteiger partial charge in [0.1, 0.15) is 10.5 Å². The van der Waals surface area contributed by atoms with Crippen LogP contribution in [-0.4, -0.2) is 41.1 Å². The van der Waals surface area contributed by atoms with Gasteiger partial charge in [-0.3, -0.25) is 4.79 Å². The lowest BCUT2D eigenvalue weighted by Crippen LogP contribution is -2.39. The van der Waals surface area contributed by atoms with Crippen LogP contribution in [0.4, 0.5) is 0 Å². The number of nitrogens with one attached hydrogen (secondary N) is 1. The number of thiophene rings is 1. The van der Waals surface area contributed by atoms with Gasteiger partial charge in [0.15, 0.2) is 0 Å². The first-order valence-corrected chi connectivity index (χ1v) is 10.1. The van der Waals surface area contributed by atoms with E-state index in [1.807, 2.05) is 6.07 Å². The zero-order valence-corrected chi connectivity index (χ0v) is 15.9. The molecule has 2 aromatic heterocycles. The molecule has 0 saturated carbocycles. The van der Waals surface area contributed by atoms with Crippen LogP contribution in [0.25, 0.3) is 10.2 Å². The molecule has 1 unspecified atom stereocenters. The van der Waals surface area contributed by atoms with Gasteiger partial charge in [-0.2, -0.15) is 0 Å². The Morgan fingerprint density at radius 1 is 1.42 bits per heavy atom. The molecule has 0 spiro atoms. The van der Waals surface area contributed by atoms with Gasteiger partial charge < -0.3 is 14.8 Å². The fraction of sp³-hybridized carbons (Fsp3) is 0.632. The number of hydrogen-bond acceptors (Lipinski definition) is 3. The minimum atomic E-state index is 0.0544. The van der Waals surface area contributed by atoms with Crippen molar-refractivity contribution < 1.29 is 4.79 Å². The zero-order valence-electron chi connectivity index (χ0n) is 15.0. The van der Waals surface area contributed by atoms with Gasteiger partial charge in [-0.05, 0) is 64.1 Å². The number of fused-ring (bicyclic) bond motifs is 1. The molecular weight excluding hydrogens is 318 g/mol. The van der Waals surface area contributed by atoms with E-state index in [0.717, 1.165) is 25.2 Å². The van der Waals surface area contributed by atoms with E-state index in [2.05, 4.69) is 47.0 Å². The third-order valence-corrected chi connectivity index (χ3v) is 5.97. The van der Waals surface area contributed by atoms with Crippen LogP contribution in [0.1, 0.15) is 63.0 Å². The summed E-state index contributed by atoms with van der Waals surface area (Å²) < 4.78 is 2.15. The fourth-order valence-electron chi connectivity index (χ4n) is 3.70. The molecular formula is C19H29N3OS. The van der Waals surface area contributed by atoms with Crippen LogP contribution in [0.2, 0.25) is 0 Å². The zero-order chi connectivity index (χ0) is 17.1. The Morgan fingerprint density at radius 3 is 3.00 bits per heavy atom.